The number of hydrazine groups is 1. The fourth-order valence-electron chi connectivity index (χ4n) is 3.10. The van der Waals surface area contributed by atoms with E-state index in [0.717, 1.165) is 43.9 Å². The summed E-state index contributed by atoms with van der Waals surface area (Å²) in [6.07, 6.45) is 3.83. The third-order valence-electron chi connectivity index (χ3n) is 4.06. The number of fused-ring (bicyclic) bond motifs is 1. The van der Waals surface area contributed by atoms with Crippen LogP contribution in [0.2, 0.25) is 0 Å². The molecule has 2 atom stereocenters. The normalized spacial score (nSPS) is 26.9. The zero-order valence-corrected chi connectivity index (χ0v) is 10.8. The number of nitrogens with two attached hydrogens (primary N) is 1. The molecule has 2 saturated heterocycles. The van der Waals surface area contributed by atoms with Gasteiger partial charge in [0.25, 0.3) is 0 Å². The first-order valence-corrected chi connectivity index (χ1v) is 6.71. The van der Waals surface area contributed by atoms with Crippen molar-refractivity contribution >= 4 is 11.6 Å². The summed E-state index contributed by atoms with van der Waals surface area (Å²) in [5.41, 5.74) is 4.48. The van der Waals surface area contributed by atoms with Gasteiger partial charge in [0.2, 0.25) is 5.91 Å². The highest BCUT2D eigenvalue weighted by Crippen LogP contribution is 2.28. The first-order chi connectivity index (χ1) is 9.28. The van der Waals surface area contributed by atoms with E-state index >= 15 is 0 Å². The number of aromatic nitrogens is 1. The predicted octanol–water partition coefficient (Wildman–Crippen LogP) is 0.0776. The molecule has 2 aliphatic rings. The van der Waals surface area contributed by atoms with Gasteiger partial charge >= 0.3 is 0 Å². The van der Waals surface area contributed by atoms with Gasteiger partial charge in [0.05, 0.1) is 17.3 Å². The highest BCUT2D eigenvalue weighted by molar-refractivity contribution is 5.82. The summed E-state index contributed by atoms with van der Waals surface area (Å²) in [4.78, 5) is 18.5. The van der Waals surface area contributed by atoms with E-state index in [2.05, 4.69) is 20.6 Å². The monoisotopic (exact) mass is 261 g/mol. The molecule has 0 aromatic carbocycles. The number of rotatable bonds is 3. The minimum atomic E-state index is 0.157. The topological polar surface area (TPSA) is 83.3 Å². The maximum absolute atomic E-state index is 11.7. The molecule has 3 rings (SSSR count). The SMILES string of the molecule is NNc1ccnc(CN2CCCC3C(=O)NCC32)c1. The summed E-state index contributed by atoms with van der Waals surface area (Å²) in [5, 5.41) is 2.97. The summed E-state index contributed by atoms with van der Waals surface area (Å²) in [7, 11) is 0. The van der Waals surface area contributed by atoms with Crippen molar-refractivity contribution in [2.24, 2.45) is 11.8 Å². The van der Waals surface area contributed by atoms with Gasteiger partial charge in [-0.05, 0) is 31.5 Å². The van der Waals surface area contributed by atoms with E-state index in [1.54, 1.807) is 6.20 Å². The largest absolute Gasteiger partial charge is 0.354 e. The van der Waals surface area contributed by atoms with Crippen molar-refractivity contribution in [3.8, 4) is 0 Å². The second-order valence-corrected chi connectivity index (χ2v) is 5.21. The third-order valence-corrected chi connectivity index (χ3v) is 4.06. The zero-order chi connectivity index (χ0) is 13.2. The molecule has 1 amide bonds. The van der Waals surface area contributed by atoms with Crippen molar-refractivity contribution in [2.75, 3.05) is 18.5 Å². The highest BCUT2D eigenvalue weighted by Gasteiger charge is 2.40. The fraction of sp³-hybridized carbons (Fsp3) is 0.538. The second-order valence-electron chi connectivity index (χ2n) is 5.21. The highest BCUT2D eigenvalue weighted by atomic mass is 16.2. The number of likely N-dealkylation sites (tertiary alicyclic amines) is 1. The lowest BCUT2D eigenvalue weighted by Gasteiger charge is -2.35. The molecule has 4 N–H and O–H groups in total. The van der Waals surface area contributed by atoms with Crippen molar-refractivity contribution in [3.63, 3.8) is 0 Å². The van der Waals surface area contributed by atoms with Gasteiger partial charge in [-0.2, -0.15) is 0 Å². The Morgan fingerprint density at radius 1 is 1.58 bits per heavy atom. The number of hydrogen-bond acceptors (Lipinski definition) is 5. The lowest BCUT2D eigenvalue weighted by atomic mass is 9.91. The van der Waals surface area contributed by atoms with E-state index in [1.165, 1.54) is 0 Å². The van der Waals surface area contributed by atoms with E-state index in [1.807, 2.05) is 12.1 Å². The summed E-state index contributed by atoms with van der Waals surface area (Å²) < 4.78 is 0. The van der Waals surface area contributed by atoms with E-state index < -0.39 is 0 Å². The first-order valence-electron chi connectivity index (χ1n) is 6.71. The van der Waals surface area contributed by atoms with Crippen molar-refractivity contribution in [1.29, 1.82) is 0 Å². The molecule has 1 aromatic rings. The van der Waals surface area contributed by atoms with Crippen LogP contribution in [-0.2, 0) is 11.3 Å². The zero-order valence-electron chi connectivity index (χ0n) is 10.8. The Kier molecular flexibility index (Phi) is 3.35. The number of hydrogen-bond donors (Lipinski definition) is 3. The smallest absolute Gasteiger partial charge is 0.224 e. The van der Waals surface area contributed by atoms with Gasteiger partial charge in [0.1, 0.15) is 0 Å². The van der Waals surface area contributed by atoms with E-state index in [-0.39, 0.29) is 11.8 Å². The Balaban J connectivity index is 1.73. The number of carbonyl (C=O) groups is 1. The number of piperidine rings is 1. The van der Waals surface area contributed by atoms with Gasteiger partial charge in [0, 0.05) is 25.3 Å². The van der Waals surface area contributed by atoms with Crippen molar-refractivity contribution in [1.82, 2.24) is 15.2 Å². The van der Waals surface area contributed by atoms with Gasteiger partial charge in [-0.3, -0.25) is 20.5 Å². The minimum Gasteiger partial charge on any atom is -0.354 e. The molecule has 1 aromatic heterocycles. The number of nitrogen functional groups attached to an aromatic ring is 1. The summed E-state index contributed by atoms with van der Waals surface area (Å²) in [5.74, 6) is 5.77. The van der Waals surface area contributed by atoms with Crippen LogP contribution < -0.4 is 16.6 Å². The van der Waals surface area contributed by atoms with Crippen LogP contribution >= 0.6 is 0 Å². The average Bonchev–Trinajstić information content (AvgIpc) is 2.82. The molecule has 2 fully saturated rings. The van der Waals surface area contributed by atoms with Gasteiger partial charge in [0.15, 0.2) is 0 Å². The quantitative estimate of drug-likeness (QED) is 0.530. The van der Waals surface area contributed by atoms with E-state index in [0.29, 0.717) is 6.04 Å². The number of anilines is 1. The lowest BCUT2D eigenvalue weighted by Crippen LogP contribution is -2.45. The summed E-state index contributed by atoms with van der Waals surface area (Å²) >= 11 is 0. The molecule has 2 aliphatic heterocycles. The molecule has 0 spiro atoms. The number of nitrogens with zero attached hydrogens (tertiary/aromatic N) is 2. The predicted molar refractivity (Wildman–Crippen MR) is 72.0 cm³/mol. The number of carbonyl (C=O) groups excluding carboxylic acids is 1. The molecule has 102 valence electrons. The van der Waals surface area contributed by atoms with Crippen LogP contribution in [0.1, 0.15) is 18.5 Å². The van der Waals surface area contributed by atoms with Crippen molar-refractivity contribution in [2.45, 2.75) is 25.4 Å². The molecule has 6 nitrogen and oxygen atoms in total. The Hall–Kier alpha value is -1.66. The molecular weight excluding hydrogens is 242 g/mol. The molecule has 0 radical (unpaired) electrons. The molecule has 19 heavy (non-hydrogen) atoms. The fourth-order valence-corrected chi connectivity index (χ4v) is 3.10. The lowest BCUT2D eigenvalue weighted by molar-refractivity contribution is -0.124. The molecule has 0 bridgehead atoms. The summed E-state index contributed by atoms with van der Waals surface area (Å²) in [6.45, 7) is 2.56. The van der Waals surface area contributed by atoms with Crippen LogP contribution in [0.25, 0.3) is 0 Å². The standard InChI is InChI=1S/C13H19N5O/c14-17-9-3-4-15-10(6-9)8-18-5-1-2-11-12(18)7-16-13(11)19/h3-4,6,11-12H,1-2,5,7-8,14H2,(H,15,17)(H,16,19). The molecule has 2 unspecified atom stereocenters. The number of pyridine rings is 1. The molecule has 6 heteroatoms. The summed E-state index contributed by atoms with van der Waals surface area (Å²) in [6, 6.07) is 4.11. The molecule has 0 saturated carbocycles. The number of amides is 1. The second kappa shape index (κ2) is 5.14. The van der Waals surface area contributed by atoms with E-state index in [9.17, 15) is 4.79 Å². The Morgan fingerprint density at radius 3 is 3.32 bits per heavy atom. The minimum absolute atomic E-state index is 0.157. The maximum Gasteiger partial charge on any atom is 0.224 e. The maximum atomic E-state index is 11.7. The van der Waals surface area contributed by atoms with Gasteiger partial charge in [-0.15, -0.1) is 0 Å². The van der Waals surface area contributed by atoms with Gasteiger partial charge in [-0.25, -0.2) is 0 Å². The average molecular weight is 261 g/mol. The van der Waals surface area contributed by atoms with Crippen LogP contribution in [0.5, 0.6) is 0 Å². The van der Waals surface area contributed by atoms with Crippen LogP contribution in [0.3, 0.4) is 0 Å². The molecule has 0 aliphatic carbocycles. The van der Waals surface area contributed by atoms with Crippen LogP contribution in [-0.4, -0.2) is 34.9 Å². The Labute approximate surface area is 112 Å². The molecular formula is C13H19N5O. The molecule has 3 heterocycles. The van der Waals surface area contributed by atoms with Gasteiger partial charge in [-0.1, -0.05) is 0 Å². The van der Waals surface area contributed by atoms with Crippen LogP contribution in [0, 0.1) is 5.92 Å². The van der Waals surface area contributed by atoms with Gasteiger partial charge < -0.3 is 10.7 Å². The van der Waals surface area contributed by atoms with E-state index in [4.69, 9.17) is 5.84 Å². The van der Waals surface area contributed by atoms with Crippen LogP contribution in [0.15, 0.2) is 18.3 Å². The van der Waals surface area contributed by atoms with Crippen LogP contribution in [0.4, 0.5) is 5.69 Å². The Morgan fingerprint density at radius 2 is 2.47 bits per heavy atom. The third kappa shape index (κ3) is 2.41. The first kappa shape index (κ1) is 12.4. The van der Waals surface area contributed by atoms with Crippen molar-refractivity contribution in [3.05, 3.63) is 24.0 Å². The Bertz CT molecular complexity index is 478. The van der Waals surface area contributed by atoms with Crippen molar-refractivity contribution < 1.29 is 4.79 Å². The number of nitrogens with one attached hydrogen (secondary N) is 2.